The molecule has 2 aromatic rings. The highest BCUT2D eigenvalue weighted by atomic mass is 15.1. The molecule has 3 heteroatoms. The Morgan fingerprint density at radius 3 is 1.48 bits per heavy atom. The summed E-state index contributed by atoms with van der Waals surface area (Å²) >= 11 is 0. The number of unbranched alkanes of at least 4 members (excludes halogenated alkanes) is 10. The fourth-order valence-corrected chi connectivity index (χ4v) is 4.02. The summed E-state index contributed by atoms with van der Waals surface area (Å²) in [5.41, 5.74) is 10.1. The summed E-state index contributed by atoms with van der Waals surface area (Å²) in [7, 11) is 0. The number of nitrogen functional groups attached to an aromatic ring is 1. The predicted molar refractivity (Wildman–Crippen MR) is 140 cm³/mol. The second kappa shape index (κ2) is 15.6. The van der Waals surface area contributed by atoms with Gasteiger partial charge in [-0.25, -0.2) is 0 Å². The average Bonchev–Trinajstić information content (AvgIpc) is 2.79. The van der Waals surface area contributed by atoms with Gasteiger partial charge in [-0.1, -0.05) is 78.1 Å². The van der Waals surface area contributed by atoms with Gasteiger partial charge in [0.05, 0.1) is 0 Å². The number of nitrogens with two attached hydrogens (primary N) is 1. The van der Waals surface area contributed by atoms with Crippen LogP contribution in [0.5, 0.6) is 0 Å². The number of hydrogen-bond donors (Lipinski definition) is 2. The van der Waals surface area contributed by atoms with E-state index in [-0.39, 0.29) is 0 Å². The predicted octanol–water partition coefficient (Wildman–Crippen LogP) is 8.54. The highest BCUT2D eigenvalue weighted by Gasteiger charge is 2.07. The molecule has 0 aromatic heterocycles. The zero-order valence-electron chi connectivity index (χ0n) is 20.0. The van der Waals surface area contributed by atoms with Gasteiger partial charge in [0.2, 0.25) is 0 Å². The first-order valence-electron chi connectivity index (χ1n) is 12.7. The van der Waals surface area contributed by atoms with Crippen LogP contribution in [0.2, 0.25) is 0 Å². The number of anilines is 4. The highest BCUT2D eigenvalue weighted by Crippen LogP contribution is 2.23. The number of nitrogens with zero attached hydrogens (tertiary/aromatic N) is 1. The van der Waals surface area contributed by atoms with Crippen LogP contribution in [0, 0.1) is 0 Å². The van der Waals surface area contributed by atoms with Crippen molar-refractivity contribution in [1.82, 2.24) is 0 Å². The normalized spacial score (nSPS) is 10.9. The van der Waals surface area contributed by atoms with Crippen molar-refractivity contribution in [3.63, 3.8) is 0 Å². The molecule has 3 nitrogen and oxygen atoms in total. The molecule has 2 aromatic carbocycles. The Balaban J connectivity index is 1.87. The van der Waals surface area contributed by atoms with Gasteiger partial charge in [0.15, 0.2) is 0 Å². The van der Waals surface area contributed by atoms with E-state index in [2.05, 4.69) is 48.3 Å². The van der Waals surface area contributed by atoms with E-state index < -0.39 is 0 Å². The van der Waals surface area contributed by atoms with Crippen molar-refractivity contribution in [3.05, 3.63) is 48.5 Å². The van der Waals surface area contributed by atoms with Gasteiger partial charge in [-0.2, -0.15) is 0 Å². The largest absolute Gasteiger partial charge is 0.399 e. The standard InChI is InChI=1S/C28H45N3/c1-3-5-7-9-11-13-23-31(24-14-12-10-8-6-4-2)28-21-19-27(20-22-28)30-26-17-15-25(29)16-18-26/h15-22,30H,3-14,23-24,29H2,1-2H3. The van der Waals surface area contributed by atoms with Crippen LogP contribution in [0.4, 0.5) is 22.7 Å². The Hall–Kier alpha value is -2.16. The highest BCUT2D eigenvalue weighted by molar-refractivity contribution is 5.64. The molecule has 0 bridgehead atoms. The Kier molecular flexibility index (Phi) is 12.6. The van der Waals surface area contributed by atoms with E-state index in [0.29, 0.717) is 0 Å². The van der Waals surface area contributed by atoms with Gasteiger partial charge in [0, 0.05) is 35.8 Å². The van der Waals surface area contributed by atoms with E-state index in [4.69, 9.17) is 5.73 Å². The SMILES string of the molecule is CCCCCCCCN(CCCCCCCC)c1ccc(Nc2ccc(N)cc2)cc1. The van der Waals surface area contributed by atoms with Crippen LogP contribution in [0.15, 0.2) is 48.5 Å². The first-order valence-corrected chi connectivity index (χ1v) is 12.7. The Morgan fingerprint density at radius 2 is 1.00 bits per heavy atom. The lowest BCUT2D eigenvalue weighted by Crippen LogP contribution is -2.25. The molecule has 0 saturated carbocycles. The molecule has 0 spiro atoms. The first kappa shape index (κ1) is 25.1. The van der Waals surface area contributed by atoms with Crippen molar-refractivity contribution < 1.29 is 0 Å². The Morgan fingerprint density at radius 1 is 0.581 bits per heavy atom. The Bertz CT molecular complexity index is 662. The van der Waals surface area contributed by atoms with Crippen LogP contribution in [-0.2, 0) is 0 Å². The monoisotopic (exact) mass is 423 g/mol. The van der Waals surface area contributed by atoms with Crippen LogP contribution in [-0.4, -0.2) is 13.1 Å². The molecule has 0 atom stereocenters. The lowest BCUT2D eigenvalue weighted by Gasteiger charge is -2.25. The zero-order valence-corrected chi connectivity index (χ0v) is 20.0. The molecular weight excluding hydrogens is 378 g/mol. The smallest absolute Gasteiger partial charge is 0.0385 e. The molecule has 0 aliphatic carbocycles. The van der Waals surface area contributed by atoms with Gasteiger partial charge in [0.1, 0.15) is 0 Å². The fourth-order valence-electron chi connectivity index (χ4n) is 4.02. The van der Waals surface area contributed by atoms with Gasteiger partial charge in [-0.3, -0.25) is 0 Å². The van der Waals surface area contributed by atoms with Gasteiger partial charge in [-0.05, 0) is 61.4 Å². The lowest BCUT2D eigenvalue weighted by atomic mass is 10.1. The molecule has 31 heavy (non-hydrogen) atoms. The molecule has 172 valence electrons. The summed E-state index contributed by atoms with van der Waals surface area (Å²) in [4.78, 5) is 2.60. The summed E-state index contributed by atoms with van der Waals surface area (Å²) in [5, 5.41) is 3.47. The van der Waals surface area contributed by atoms with Gasteiger partial charge < -0.3 is 16.0 Å². The summed E-state index contributed by atoms with van der Waals surface area (Å²) in [5.74, 6) is 0. The van der Waals surface area contributed by atoms with Crippen molar-refractivity contribution in [1.29, 1.82) is 0 Å². The fraction of sp³-hybridized carbons (Fsp3) is 0.571. The van der Waals surface area contributed by atoms with E-state index >= 15 is 0 Å². The van der Waals surface area contributed by atoms with Crippen molar-refractivity contribution in [2.24, 2.45) is 0 Å². The van der Waals surface area contributed by atoms with Gasteiger partial charge >= 0.3 is 0 Å². The molecule has 0 aliphatic rings. The van der Waals surface area contributed by atoms with Crippen LogP contribution >= 0.6 is 0 Å². The third-order valence-electron chi connectivity index (χ3n) is 5.99. The van der Waals surface area contributed by atoms with Crippen molar-refractivity contribution in [2.75, 3.05) is 29.0 Å². The molecule has 0 radical (unpaired) electrons. The molecule has 0 aliphatic heterocycles. The second-order valence-electron chi connectivity index (χ2n) is 8.82. The third-order valence-corrected chi connectivity index (χ3v) is 5.99. The van der Waals surface area contributed by atoms with Crippen molar-refractivity contribution in [3.8, 4) is 0 Å². The van der Waals surface area contributed by atoms with Crippen LogP contribution < -0.4 is 16.0 Å². The van der Waals surface area contributed by atoms with E-state index in [1.54, 1.807) is 0 Å². The quantitative estimate of drug-likeness (QED) is 0.198. The lowest BCUT2D eigenvalue weighted by molar-refractivity contribution is 0.575. The number of nitrogens with one attached hydrogen (secondary N) is 1. The van der Waals surface area contributed by atoms with Crippen molar-refractivity contribution in [2.45, 2.75) is 90.9 Å². The number of benzene rings is 2. The molecule has 0 heterocycles. The third kappa shape index (κ3) is 10.6. The maximum absolute atomic E-state index is 5.79. The molecular formula is C28H45N3. The molecule has 0 saturated heterocycles. The van der Waals surface area contributed by atoms with Gasteiger partial charge in [-0.15, -0.1) is 0 Å². The summed E-state index contributed by atoms with van der Waals surface area (Å²) in [6.07, 6.45) is 16.2. The van der Waals surface area contributed by atoms with E-state index in [9.17, 15) is 0 Å². The average molecular weight is 424 g/mol. The van der Waals surface area contributed by atoms with Gasteiger partial charge in [0.25, 0.3) is 0 Å². The van der Waals surface area contributed by atoms with E-state index in [1.165, 1.54) is 95.8 Å². The topological polar surface area (TPSA) is 41.3 Å². The maximum Gasteiger partial charge on any atom is 0.0385 e. The van der Waals surface area contributed by atoms with E-state index in [0.717, 1.165) is 17.1 Å². The maximum atomic E-state index is 5.79. The molecule has 0 fully saturated rings. The molecule has 2 rings (SSSR count). The summed E-state index contributed by atoms with van der Waals surface area (Å²) in [6, 6.07) is 16.8. The molecule has 0 amide bonds. The summed E-state index contributed by atoms with van der Waals surface area (Å²) in [6.45, 7) is 6.92. The minimum absolute atomic E-state index is 0.793. The minimum atomic E-state index is 0.793. The van der Waals surface area contributed by atoms with Crippen LogP contribution in [0.3, 0.4) is 0 Å². The Labute approximate surface area is 191 Å². The molecule has 3 N–H and O–H groups in total. The van der Waals surface area contributed by atoms with E-state index in [1.807, 2.05) is 24.3 Å². The number of hydrogen-bond acceptors (Lipinski definition) is 3. The van der Waals surface area contributed by atoms with Crippen LogP contribution in [0.1, 0.15) is 90.9 Å². The summed E-state index contributed by atoms with van der Waals surface area (Å²) < 4.78 is 0. The number of rotatable bonds is 17. The second-order valence-corrected chi connectivity index (χ2v) is 8.82. The first-order chi connectivity index (χ1) is 15.2. The van der Waals surface area contributed by atoms with Crippen LogP contribution in [0.25, 0.3) is 0 Å². The van der Waals surface area contributed by atoms with Crippen molar-refractivity contribution >= 4 is 22.7 Å². The minimum Gasteiger partial charge on any atom is -0.399 e. The zero-order chi connectivity index (χ0) is 22.2. The molecule has 0 unspecified atom stereocenters.